The molecule has 4 nitrogen and oxygen atoms in total. The monoisotopic (exact) mass is 269 g/mol. The first kappa shape index (κ1) is 13.2. The summed E-state index contributed by atoms with van der Waals surface area (Å²) < 4.78 is 5.59. The van der Waals surface area contributed by atoms with Gasteiger partial charge in [-0.25, -0.2) is 0 Å². The molecule has 2 N–H and O–H groups in total. The molecule has 5 heteroatoms. The summed E-state index contributed by atoms with van der Waals surface area (Å²) in [5.41, 5.74) is 0.163. The fourth-order valence-electron chi connectivity index (χ4n) is 1.99. The minimum absolute atomic E-state index is 0.0284. The van der Waals surface area contributed by atoms with E-state index in [9.17, 15) is 9.90 Å². The summed E-state index contributed by atoms with van der Waals surface area (Å²) >= 11 is 5.76. The lowest BCUT2D eigenvalue weighted by Gasteiger charge is -2.23. The summed E-state index contributed by atoms with van der Waals surface area (Å²) in [6, 6.07) is 4.39. The van der Waals surface area contributed by atoms with Crippen LogP contribution in [-0.2, 0) is 4.74 Å². The van der Waals surface area contributed by atoms with Crippen LogP contribution in [0, 0.1) is 0 Å². The summed E-state index contributed by atoms with van der Waals surface area (Å²) in [5.74, 6) is -0.243. The van der Waals surface area contributed by atoms with Crippen molar-refractivity contribution in [1.82, 2.24) is 5.32 Å². The van der Waals surface area contributed by atoms with Gasteiger partial charge in [-0.1, -0.05) is 11.6 Å². The lowest BCUT2D eigenvalue weighted by molar-refractivity contribution is 0.0206. The number of hydrogen-bond acceptors (Lipinski definition) is 3. The van der Waals surface area contributed by atoms with Crippen molar-refractivity contribution in [3.8, 4) is 5.75 Å². The Hall–Kier alpha value is -1.26. The number of hydrogen-bond donors (Lipinski definition) is 2. The molecule has 0 aliphatic carbocycles. The molecule has 1 atom stereocenters. The molecule has 1 amide bonds. The quantitative estimate of drug-likeness (QED) is 0.886. The minimum Gasteiger partial charge on any atom is -0.506 e. The zero-order valence-corrected chi connectivity index (χ0v) is 11.0. The lowest BCUT2D eigenvalue weighted by Crippen LogP contribution is -2.40. The molecule has 0 bridgehead atoms. The van der Waals surface area contributed by atoms with Gasteiger partial charge in [0.05, 0.1) is 10.6 Å². The van der Waals surface area contributed by atoms with E-state index >= 15 is 0 Å². The lowest BCUT2D eigenvalue weighted by atomic mass is 10.0. The van der Waals surface area contributed by atoms with E-state index in [-0.39, 0.29) is 22.3 Å². The van der Waals surface area contributed by atoms with Gasteiger partial charge in [0, 0.05) is 18.7 Å². The van der Waals surface area contributed by atoms with E-state index in [0.29, 0.717) is 12.1 Å². The Morgan fingerprint density at radius 1 is 1.61 bits per heavy atom. The molecular weight excluding hydrogens is 254 g/mol. The molecule has 1 heterocycles. The predicted molar refractivity (Wildman–Crippen MR) is 69.0 cm³/mol. The van der Waals surface area contributed by atoms with Gasteiger partial charge < -0.3 is 15.2 Å². The van der Waals surface area contributed by atoms with Crippen molar-refractivity contribution < 1.29 is 14.6 Å². The van der Waals surface area contributed by atoms with Crippen molar-refractivity contribution in [2.24, 2.45) is 0 Å². The maximum atomic E-state index is 11.9. The molecule has 0 radical (unpaired) electrons. The largest absolute Gasteiger partial charge is 0.506 e. The average Bonchev–Trinajstić information content (AvgIpc) is 2.77. The molecular formula is C13H16ClNO3. The number of phenolic OH excluding ortho intramolecular Hbond substituents is 1. The fraction of sp³-hybridized carbons (Fsp3) is 0.462. The van der Waals surface area contributed by atoms with Crippen molar-refractivity contribution in [2.45, 2.75) is 25.4 Å². The summed E-state index contributed by atoms with van der Waals surface area (Å²) in [6.45, 7) is 3.21. The molecule has 1 fully saturated rings. The third-order valence-corrected chi connectivity index (χ3v) is 3.44. The molecule has 1 saturated heterocycles. The Morgan fingerprint density at radius 2 is 2.39 bits per heavy atom. The van der Waals surface area contributed by atoms with Crippen LogP contribution in [0.5, 0.6) is 5.75 Å². The van der Waals surface area contributed by atoms with Crippen LogP contribution in [0.4, 0.5) is 0 Å². The highest BCUT2D eigenvalue weighted by Gasteiger charge is 2.30. The number of aromatic hydroxyl groups is 1. The zero-order chi connectivity index (χ0) is 13.2. The van der Waals surface area contributed by atoms with Gasteiger partial charge in [-0.15, -0.1) is 0 Å². The van der Waals surface area contributed by atoms with Crippen LogP contribution in [0.1, 0.15) is 30.1 Å². The molecule has 1 unspecified atom stereocenters. The minimum atomic E-state index is -0.267. The average molecular weight is 270 g/mol. The van der Waals surface area contributed by atoms with Gasteiger partial charge >= 0.3 is 0 Å². The number of benzene rings is 1. The first-order valence-corrected chi connectivity index (χ1v) is 6.29. The standard InChI is InChI=1S/C13H16ClNO3/c1-13(5-2-6-18-13)8-15-12(17)9-3-4-11(16)10(14)7-9/h3-4,7,16H,2,5-6,8H2,1H3,(H,15,17). The highest BCUT2D eigenvalue weighted by atomic mass is 35.5. The highest BCUT2D eigenvalue weighted by Crippen LogP contribution is 2.25. The third-order valence-electron chi connectivity index (χ3n) is 3.13. The third kappa shape index (κ3) is 2.94. The van der Waals surface area contributed by atoms with Crippen molar-refractivity contribution in [3.05, 3.63) is 28.8 Å². The normalized spacial score (nSPS) is 23.0. The summed E-state index contributed by atoms with van der Waals surface area (Å²) in [5, 5.41) is 12.3. The second kappa shape index (κ2) is 5.16. The van der Waals surface area contributed by atoms with Gasteiger partial charge in [-0.05, 0) is 38.0 Å². The number of rotatable bonds is 3. The highest BCUT2D eigenvalue weighted by molar-refractivity contribution is 6.32. The van der Waals surface area contributed by atoms with E-state index in [1.807, 2.05) is 6.92 Å². The van der Waals surface area contributed by atoms with Gasteiger partial charge in [0.2, 0.25) is 0 Å². The molecule has 1 aromatic rings. The summed E-state index contributed by atoms with van der Waals surface area (Å²) in [7, 11) is 0. The molecule has 0 aromatic heterocycles. The number of amides is 1. The predicted octanol–water partition coefficient (Wildman–Crippen LogP) is 2.34. The molecule has 18 heavy (non-hydrogen) atoms. The van der Waals surface area contributed by atoms with E-state index in [4.69, 9.17) is 16.3 Å². The number of carbonyl (C=O) groups excluding carboxylic acids is 1. The van der Waals surface area contributed by atoms with Crippen LogP contribution in [-0.4, -0.2) is 29.8 Å². The fourth-order valence-corrected chi connectivity index (χ4v) is 2.17. The Balaban J connectivity index is 1.97. The zero-order valence-electron chi connectivity index (χ0n) is 10.2. The SMILES string of the molecule is CC1(CNC(=O)c2ccc(O)c(Cl)c2)CCCO1. The van der Waals surface area contributed by atoms with Gasteiger partial charge in [0.1, 0.15) is 5.75 Å². The van der Waals surface area contributed by atoms with E-state index in [1.165, 1.54) is 18.2 Å². The first-order valence-electron chi connectivity index (χ1n) is 5.91. The smallest absolute Gasteiger partial charge is 0.251 e. The van der Waals surface area contributed by atoms with Gasteiger partial charge in [-0.2, -0.15) is 0 Å². The van der Waals surface area contributed by atoms with Gasteiger partial charge in [0.25, 0.3) is 5.91 Å². The van der Waals surface area contributed by atoms with Crippen LogP contribution in [0.15, 0.2) is 18.2 Å². The molecule has 1 aromatic carbocycles. The van der Waals surface area contributed by atoms with Crippen LogP contribution < -0.4 is 5.32 Å². The molecule has 0 saturated carbocycles. The van der Waals surface area contributed by atoms with E-state index in [0.717, 1.165) is 19.4 Å². The van der Waals surface area contributed by atoms with Crippen molar-refractivity contribution in [1.29, 1.82) is 0 Å². The van der Waals surface area contributed by atoms with Crippen molar-refractivity contribution >= 4 is 17.5 Å². The van der Waals surface area contributed by atoms with Crippen LogP contribution in [0.2, 0.25) is 5.02 Å². The summed E-state index contributed by atoms with van der Waals surface area (Å²) in [4.78, 5) is 11.9. The molecule has 0 spiro atoms. The second-order valence-electron chi connectivity index (χ2n) is 4.75. The number of halogens is 1. The van der Waals surface area contributed by atoms with E-state index < -0.39 is 0 Å². The van der Waals surface area contributed by atoms with Crippen LogP contribution in [0.3, 0.4) is 0 Å². The Labute approximate surface area is 111 Å². The van der Waals surface area contributed by atoms with E-state index in [1.54, 1.807) is 0 Å². The number of phenols is 1. The molecule has 1 aliphatic heterocycles. The topological polar surface area (TPSA) is 58.6 Å². The molecule has 2 rings (SSSR count). The Kier molecular flexibility index (Phi) is 3.78. The number of nitrogens with one attached hydrogen (secondary N) is 1. The maximum Gasteiger partial charge on any atom is 0.251 e. The van der Waals surface area contributed by atoms with Gasteiger partial charge in [0.15, 0.2) is 0 Å². The molecule has 1 aliphatic rings. The van der Waals surface area contributed by atoms with Crippen LogP contribution >= 0.6 is 11.6 Å². The summed E-state index contributed by atoms with van der Waals surface area (Å²) in [6.07, 6.45) is 1.97. The number of carbonyl (C=O) groups is 1. The maximum absolute atomic E-state index is 11.9. The Morgan fingerprint density at radius 3 is 3.00 bits per heavy atom. The van der Waals surface area contributed by atoms with Gasteiger partial charge in [-0.3, -0.25) is 4.79 Å². The van der Waals surface area contributed by atoms with E-state index in [2.05, 4.69) is 5.32 Å². The number of ether oxygens (including phenoxy) is 1. The van der Waals surface area contributed by atoms with Crippen molar-refractivity contribution in [2.75, 3.05) is 13.2 Å². The molecule has 98 valence electrons. The second-order valence-corrected chi connectivity index (χ2v) is 5.16. The van der Waals surface area contributed by atoms with Crippen LogP contribution in [0.25, 0.3) is 0 Å². The van der Waals surface area contributed by atoms with Crippen molar-refractivity contribution in [3.63, 3.8) is 0 Å². The first-order chi connectivity index (χ1) is 8.50. The Bertz CT molecular complexity index is 456.